The summed E-state index contributed by atoms with van der Waals surface area (Å²) < 4.78 is 11.0. The predicted octanol–water partition coefficient (Wildman–Crippen LogP) is 3.67. The monoisotopic (exact) mass is 486 g/mol. The fourth-order valence-corrected chi connectivity index (χ4v) is 2.97. The Bertz CT molecular complexity index is 1260. The van der Waals surface area contributed by atoms with Crippen LogP contribution < -0.4 is 25.5 Å². The van der Waals surface area contributed by atoms with Gasteiger partial charge in [-0.1, -0.05) is 36.9 Å². The summed E-state index contributed by atoms with van der Waals surface area (Å²) in [5.74, 6) is -1.16. The number of para-hydroxylation sites is 1. The Kier molecular flexibility index (Phi) is 9.35. The molecule has 9 heteroatoms. The molecule has 9 nitrogen and oxygen atoms in total. The fraction of sp³-hybridized carbons (Fsp3) is 0.111. The smallest absolute Gasteiger partial charge is 0.329 e. The van der Waals surface area contributed by atoms with Gasteiger partial charge in [0, 0.05) is 16.9 Å². The lowest BCUT2D eigenvalue weighted by atomic mass is 10.2. The Morgan fingerprint density at radius 2 is 1.67 bits per heavy atom. The summed E-state index contributed by atoms with van der Waals surface area (Å²) in [6, 6.07) is 20.8. The average Bonchev–Trinajstić information content (AvgIpc) is 2.87. The van der Waals surface area contributed by atoms with Crippen LogP contribution >= 0.6 is 0 Å². The third-order valence-corrected chi connectivity index (χ3v) is 4.64. The van der Waals surface area contributed by atoms with Gasteiger partial charge >= 0.3 is 11.8 Å². The first kappa shape index (κ1) is 25.7. The number of nitrogens with zero attached hydrogens (tertiary/aromatic N) is 1. The summed E-state index contributed by atoms with van der Waals surface area (Å²) in [5.41, 5.74) is 4.81. The molecule has 0 heterocycles. The Morgan fingerprint density at radius 1 is 0.889 bits per heavy atom. The number of nitrogens with one attached hydrogen (secondary N) is 3. The molecule has 0 unspecified atom stereocenters. The van der Waals surface area contributed by atoms with Crippen LogP contribution in [0, 0.1) is 6.92 Å². The van der Waals surface area contributed by atoms with Crippen molar-refractivity contribution >= 4 is 35.3 Å². The normalized spacial score (nSPS) is 10.4. The summed E-state index contributed by atoms with van der Waals surface area (Å²) >= 11 is 0. The topological polar surface area (TPSA) is 118 Å². The predicted molar refractivity (Wildman–Crippen MR) is 138 cm³/mol. The molecule has 0 fully saturated rings. The maximum atomic E-state index is 12.2. The second-order valence-corrected chi connectivity index (χ2v) is 7.52. The van der Waals surface area contributed by atoms with Crippen LogP contribution in [0.25, 0.3) is 0 Å². The van der Waals surface area contributed by atoms with Gasteiger partial charge in [0.25, 0.3) is 5.91 Å². The molecule has 184 valence electrons. The van der Waals surface area contributed by atoms with Crippen LogP contribution in [0.3, 0.4) is 0 Å². The van der Waals surface area contributed by atoms with E-state index in [1.54, 1.807) is 60.7 Å². The van der Waals surface area contributed by atoms with Crippen LogP contribution in [-0.4, -0.2) is 37.1 Å². The van der Waals surface area contributed by atoms with Crippen molar-refractivity contribution in [3.05, 3.63) is 96.6 Å². The van der Waals surface area contributed by atoms with Gasteiger partial charge in [-0.15, -0.1) is 0 Å². The summed E-state index contributed by atoms with van der Waals surface area (Å²) in [6.07, 6.45) is 2.94. The third kappa shape index (κ3) is 8.14. The third-order valence-electron chi connectivity index (χ3n) is 4.64. The van der Waals surface area contributed by atoms with E-state index in [0.29, 0.717) is 35.0 Å². The van der Waals surface area contributed by atoms with Crippen molar-refractivity contribution in [2.75, 3.05) is 23.8 Å². The fourth-order valence-electron chi connectivity index (χ4n) is 2.97. The molecule has 0 spiro atoms. The molecule has 0 aliphatic carbocycles. The highest BCUT2D eigenvalue weighted by molar-refractivity contribution is 6.39. The minimum absolute atomic E-state index is 0.217. The molecule has 3 aromatic rings. The number of anilines is 2. The van der Waals surface area contributed by atoms with E-state index in [1.807, 2.05) is 25.1 Å². The van der Waals surface area contributed by atoms with Gasteiger partial charge in [0.05, 0.1) is 6.21 Å². The molecule has 0 saturated heterocycles. The number of carbonyl (C=O) groups excluding carboxylic acids is 3. The first-order chi connectivity index (χ1) is 17.4. The number of hydrazone groups is 1. The van der Waals surface area contributed by atoms with E-state index in [9.17, 15) is 14.4 Å². The lowest BCUT2D eigenvalue weighted by Gasteiger charge is -2.10. The largest absolute Gasteiger partial charge is 0.490 e. The number of hydrogen-bond acceptors (Lipinski definition) is 6. The van der Waals surface area contributed by atoms with Crippen molar-refractivity contribution in [2.45, 2.75) is 6.92 Å². The van der Waals surface area contributed by atoms with Crippen LogP contribution in [0.5, 0.6) is 11.5 Å². The maximum Gasteiger partial charge on any atom is 0.329 e. The quantitative estimate of drug-likeness (QED) is 0.175. The number of benzene rings is 3. The Morgan fingerprint density at radius 3 is 2.42 bits per heavy atom. The number of aryl methyl sites for hydroxylation is 1. The minimum atomic E-state index is -0.950. The van der Waals surface area contributed by atoms with E-state index in [1.165, 1.54) is 6.21 Å². The molecule has 3 rings (SSSR count). The van der Waals surface area contributed by atoms with E-state index in [0.717, 1.165) is 5.56 Å². The van der Waals surface area contributed by atoms with E-state index >= 15 is 0 Å². The van der Waals surface area contributed by atoms with Crippen LogP contribution in [0.4, 0.5) is 11.4 Å². The molecule has 0 aliphatic rings. The lowest BCUT2D eigenvalue weighted by molar-refractivity contribution is -0.136. The number of hydrogen-bond donors (Lipinski definition) is 3. The van der Waals surface area contributed by atoms with Gasteiger partial charge in [0.2, 0.25) is 0 Å². The lowest BCUT2D eigenvalue weighted by Crippen LogP contribution is -2.32. The van der Waals surface area contributed by atoms with Gasteiger partial charge < -0.3 is 20.1 Å². The highest BCUT2D eigenvalue weighted by Gasteiger charge is 2.13. The Balaban J connectivity index is 1.50. The summed E-state index contributed by atoms with van der Waals surface area (Å²) in [6.45, 7) is 5.65. The zero-order valence-corrected chi connectivity index (χ0v) is 19.7. The molecule has 36 heavy (non-hydrogen) atoms. The standard InChI is InChI=1S/C27H26N4O5/c1-3-15-35-23-13-11-21(12-14-23)30-26(33)27(34)31-28-17-20-8-4-5-10-24(20)36-18-25(32)29-22-9-6-7-19(2)16-22/h3-14,16-17H,1,15,18H2,2H3,(H,29,32)(H,30,33)(H,31,34)/b28-17-. The van der Waals surface area contributed by atoms with Gasteiger partial charge in [-0.2, -0.15) is 5.10 Å². The van der Waals surface area contributed by atoms with Gasteiger partial charge in [0.15, 0.2) is 6.61 Å². The second-order valence-electron chi connectivity index (χ2n) is 7.52. The molecule has 3 N–H and O–H groups in total. The SMILES string of the molecule is C=CCOc1ccc(NC(=O)C(=O)N/N=C\c2ccccc2OCC(=O)Nc2cccc(C)c2)cc1. The van der Waals surface area contributed by atoms with Crippen molar-refractivity contribution in [1.29, 1.82) is 0 Å². The van der Waals surface area contributed by atoms with Crippen LogP contribution in [0.15, 0.2) is 90.6 Å². The van der Waals surface area contributed by atoms with Crippen molar-refractivity contribution in [3.63, 3.8) is 0 Å². The van der Waals surface area contributed by atoms with E-state index < -0.39 is 11.8 Å². The Hall–Kier alpha value is -4.92. The molecule has 0 radical (unpaired) electrons. The van der Waals surface area contributed by atoms with E-state index in [2.05, 4.69) is 27.7 Å². The van der Waals surface area contributed by atoms with Crippen molar-refractivity contribution in [3.8, 4) is 11.5 Å². The van der Waals surface area contributed by atoms with Crippen molar-refractivity contribution in [1.82, 2.24) is 5.43 Å². The number of ether oxygens (including phenoxy) is 2. The molecule has 3 aromatic carbocycles. The first-order valence-electron chi connectivity index (χ1n) is 11.0. The summed E-state index contributed by atoms with van der Waals surface area (Å²) in [4.78, 5) is 36.4. The number of carbonyl (C=O) groups is 3. The number of amides is 3. The van der Waals surface area contributed by atoms with Crippen LogP contribution in [0.1, 0.15) is 11.1 Å². The zero-order valence-electron chi connectivity index (χ0n) is 19.7. The Labute approximate surface area is 208 Å². The maximum absolute atomic E-state index is 12.2. The average molecular weight is 487 g/mol. The molecule has 3 amide bonds. The second kappa shape index (κ2) is 13.1. The molecule has 0 bridgehead atoms. The van der Waals surface area contributed by atoms with Gasteiger partial charge in [-0.25, -0.2) is 5.43 Å². The highest BCUT2D eigenvalue weighted by Crippen LogP contribution is 2.17. The van der Waals surface area contributed by atoms with Crippen LogP contribution in [0.2, 0.25) is 0 Å². The first-order valence-corrected chi connectivity index (χ1v) is 11.0. The highest BCUT2D eigenvalue weighted by atomic mass is 16.5. The van der Waals surface area contributed by atoms with Crippen molar-refractivity contribution < 1.29 is 23.9 Å². The molecular weight excluding hydrogens is 460 g/mol. The van der Waals surface area contributed by atoms with Crippen LogP contribution in [-0.2, 0) is 14.4 Å². The van der Waals surface area contributed by atoms with Crippen molar-refractivity contribution in [2.24, 2.45) is 5.10 Å². The summed E-state index contributed by atoms with van der Waals surface area (Å²) in [5, 5.41) is 9.06. The molecular formula is C27H26N4O5. The number of rotatable bonds is 10. The van der Waals surface area contributed by atoms with Gasteiger partial charge in [-0.3, -0.25) is 14.4 Å². The molecule has 0 saturated carbocycles. The zero-order chi connectivity index (χ0) is 25.8. The molecule has 0 aromatic heterocycles. The van der Waals surface area contributed by atoms with E-state index in [4.69, 9.17) is 9.47 Å². The molecule has 0 atom stereocenters. The molecule has 0 aliphatic heterocycles. The van der Waals surface area contributed by atoms with Gasteiger partial charge in [-0.05, 0) is 61.0 Å². The van der Waals surface area contributed by atoms with E-state index in [-0.39, 0.29) is 12.5 Å². The summed E-state index contributed by atoms with van der Waals surface area (Å²) in [7, 11) is 0. The van der Waals surface area contributed by atoms with Gasteiger partial charge in [0.1, 0.15) is 18.1 Å². The minimum Gasteiger partial charge on any atom is -0.490 e.